The summed E-state index contributed by atoms with van der Waals surface area (Å²) in [6, 6.07) is 8.11. The Balaban J connectivity index is 1.69. The predicted octanol–water partition coefficient (Wildman–Crippen LogP) is 3.82. The molecule has 0 radical (unpaired) electrons. The minimum atomic E-state index is -0.657. The highest BCUT2D eigenvalue weighted by Gasteiger charge is 2.34. The van der Waals surface area contributed by atoms with E-state index >= 15 is 0 Å². The Morgan fingerprint density at radius 3 is 2.50 bits per heavy atom. The van der Waals surface area contributed by atoms with Crippen molar-refractivity contribution in [3.63, 3.8) is 0 Å². The number of nitrogens with one attached hydrogen (secondary N) is 2. The molecule has 4 nitrogen and oxygen atoms in total. The second-order valence-corrected chi connectivity index (χ2v) is 7.27. The van der Waals surface area contributed by atoms with Crippen LogP contribution in [0, 0.1) is 23.4 Å². The lowest BCUT2D eigenvalue weighted by molar-refractivity contribution is -0.120. The van der Waals surface area contributed by atoms with E-state index in [-0.39, 0.29) is 35.6 Å². The third-order valence-corrected chi connectivity index (χ3v) is 5.41. The summed E-state index contributed by atoms with van der Waals surface area (Å²) in [4.78, 5) is 14.4. The normalized spacial score (nSPS) is 18.9. The molecule has 0 bridgehead atoms. The van der Waals surface area contributed by atoms with Crippen molar-refractivity contribution in [2.24, 2.45) is 11.7 Å². The molecule has 1 aliphatic carbocycles. The monoisotopic (exact) mass is 387 g/mol. The number of nitrogens with two attached hydrogens (primary N) is 1. The molecule has 0 saturated heterocycles. The lowest BCUT2D eigenvalue weighted by Crippen LogP contribution is -2.38. The smallest absolute Gasteiger partial charge is 0.233 e. The SMILES string of the molecule is NCC(=O)NC[C@H]1C[C@H](c2c(-c3ccc(F)cc3)[nH]c3c(F)cc(F)cc32)C1. The first-order chi connectivity index (χ1) is 13.5. The minimum Gasteiger partial charge on any atom is -0.355 e. The van der Waals surface area contributed by atoms with Gasteiger partial charge >= 0.3 is 0 Å². The molecule has 1 heterocycles. The van der Waals surface area contributed by atoms with E-state index in [1.807, 2.05) is 0 Å². The molecular weight excluding hydrogens is 367 g/mol. The summed E-state index contributed by atoms with van der Waals surface area (Å²) in [5, 5.41) is 3.28. The van der Waals surface area contributed by atoms with Gasteiger partial charge < -0.3 is 16.0 Å². The summed E-state index contributed by atoms with van der Waals surface area (Å²) in [6.07, 6.45) is 1.56. The third-order valence-electron chi connectivity index (χ3n) is 5.41. The van der Waals surface area contributed by atoms with Crippen LogP contribution in [0.25, 0.3) is 22.2 Å². The first kappa shape index (κ1) is 18.6. The first-order valence-electron chi connectivity index (χ1n) is 9.19. The zero-order valence-electron chi connectivity index (χ0n) is 15.1. The molecule has 0 unspecified atom stereocenters. The Labute approximate surface area is 159 Å². The van der Waals surface area contributed by atoms with Gasteiger partial charge in [-0.05, 0) is 66.1 Å². The van der Waals surface area contributed by atoms with Crippen molar-refractivity contribution in [3.8, 4) is 11.3 Å². The molecule has 4 rings (SSSR count). The molecular formula is C21H20F3N3O. The quantitative estimate of drug-likeness (QED) is 0.623. The molecule has 1 aliphatic rings. The summed E-state index contributed by atoms with van der Waals surface area (Å²) in [6.45, 7) is 0.482. The van der Waals surface area contributed by atoms with E-state index in [1.54, 1.807) is 12.1 Å². The van der Waals surface area contributed by atoms with Gasteiger partial charge in [-0.3, -0.25) is 4.79 Å². The molecule has 0 atom stereocenters. The number of benzene rings is 2. The second kappa shape index (κ2) is 7.31. The summed E-state index contributed by atoms with van der Waals surface area (Å²) in [7, 11) is 0. The van der Waals surface area contributed by atoms with E-state index in [0.29, 0.717) is 23.2 Å². The average Bonchev–Trinajstić information content (AvgIpc) is 3.00. The minimum absolute atomic E-state index is 0.0497. The van der Waals surface area contributed by atoms with Crippen LogP contribution in [0.2, 0.25) is 0 Å². The highest BCUT2D eigenvalue weighted by atomic mass is 19.1. The summed E-state index contributed by atoms with van der Waals surface area (Å²) in [5.74, 6) is -1.48. The summed E-state index contributed by atoms with van der Waals surface area (Å²) >= 11 is 0. The van der Waals surface area contributed by atoms with Crippen LogP contribution in [0.3, 0.4) is 0 Å². The van der Waals surface area contributed by atoms with Crippen LogP contribution in [0.1, 0.15) is 24.3 Å². The highest BCUT2D eigenvalue weighted by Crippen LogP contribution is 2.48. The molecule has 1 saturated carbocycles. The van der Waals surface area contributed by atoms with E-state index in [4.69, 9.17) is 5.73 Å². The van der Waals surface area contributed by atoms with E-state index in [1.165, 1.54) is 18.2 Å². The van der Waals surface area contributed by atoms with E-state index in [2.05, 4.69) is 10.3 Å². The number of fused-ring (bicyclic) bond motifs is 1. The maximum Gasteiger partial charge on any atom is 0.233 e. The molecule has 0 spiro atoms. The van der Waals surface area contributed by atoms with Crippen molar-refractivity contribution in [1.82, 2.24) is 10.3 Å². The number of aromatic amines is 1. The van der Waals surface area contributed by atoms with Crippen LogP contribution in [0.15, 0.2) is 36.4 Å². The fraction of sp³-hybridized carbons (Fsp3) is 0.286. The highest BCUT2D eigenvalue weighted by molar-refractivity contribution is 5.92. The lowest BCUT2D eigenvalue weighted by Gasteiger charge is -2.36. The molecule has 1 aromatic heterocycles. The van der Waals surface area contributed by atoms with Crippen molar-refractivity contribution < 1.29 is 18.0 Å². The summed E-state index contributed by atoms with van der Waals surface area (Å²) < 4.78 is 41.6. The Morgan fingerprint density at radius 1 is 1.11 bits per heavy atom. The maximum absolute atomic E-state index is 14.3. The fourth-order valence-corrected chi connectivity index (χ4v) is 3.98. The molecule has 7 heteroatoms. The maximum atomic E-state index is 14.3. The molecule has 2 aromatic carbocycles. The Bertz CT molecular complexity index is 1020. The van der Waals surface area contributed by atoms with Crippen molar-refractivity contribution >= 4 is 16.8 Å². The Hall–Kier alpha value is -2.80. The van der Waals surface area contributed by atoms with E-state index < -0.39 is 11.6 Å². The second-order valence-electron chi connectivity index (χ2n) is 7.27. The standard InChI is InChI=1S/C21H20F3N3O/c22-14-3-1-12(2-4-14)20-19(13-5-11(6-13)10-26-18(28)9-25)16-7-15(23)8-17(24)21(16)27-20/h1-4,7-8,11,13,27H,5-6,9-10,25H2,(H,26,28)/t11-,13-. The molecule has 0 aliphatic heterocycles. The number of halogens is 3. The van der Waals surface area contributed by atoms with Gasteiger partial charge in [0.2, 0.25) is 5.91 Å². The van der Waals surface area contributed by atoms with Gasteiger partial charge in [0, 0.05) is 18.0 Å². The van der Waals surface area contributed by atoms with Gasteiger partial charge in [-0.1, -0.05) is 0 Å². The molecule has 146 valence electrons. The third kappa shape index (κ3) is 3.38. The summed E-state index contributed by atoms with van der Waals surface area (Å²) in [5.41, 5.74) is 7.76. The largest absolute Gasteiger partial charge is 0.355 e. The van der Waals surface area contributed by atoms with Gasteiger partial charge in [-0.15, -0.1) is 0 Å². The van der Waals surface area contributed by atoms with Crippen molar-refractivity contribution in [1.29, 1.82) is 0 Å². The number of carbonyl (C=O) groups is 1. The van der Waals surface area contributed by atoms with Crippen LogP contribution >= 0.6 is 0 Å². The predicted molar refractivity (Wildman–Crippen MR) is 101 cm³/mol. The van der Waals surface area contributed by atoms with Crippen LogP contribution in [0.5, 0.6) is 0 Å². The van der Waals surface area contributed by atoms with Gasteiger partial charge in [-0.2, -0.15) is 0 Å². The van der Waals surface area contributed by atoms with Gasteiger partial charge in [0.05, 0.1) is 17.8 Å². The first-order valence-corrected chi connectivity index (χ1v) is 9.19. The number of carbonyl (C=O) groups excluding carboxylic acids is 1. The van der Waals surface area contributed by atoms with Crippen molar-refractivity contribution in [3.05, 3.63) is 59.4 Å². The molecule has 28 heavy (non-hydrogen) atoms. The number of aromatic nitrogens is 1. The molecule has 1 amide bonds. The number of hydrogen-bond donors (Lipinski definition) is 3. The van der Waals surface area contributed by atoms with Crippen LogP contribution in [-0.4, -0.2) is 24.0 Å². The van der Waals surface area contributed by atoms with Crippen LogP contribution in [0.4, 0.5) is 13.2 Å². The Kier molecular flexibility index (Phi) is 4.85. The van der Waals surface area contributed by atoms with E-state index in [9.17, 15) is 18.0 Å². The Morgan fingerprint density at radius 2 is 1.82 bits per heavy atom. The van der Waals surface area contributed by atoms with Crippen LogP contribution in [-0.2, 0) is 4.79 Å². The number of rotatable bonds is 5. The number of hydrogen-bond acceptors (Lipinski definition) is 2. The zero-order valence-corrected chi connectivity index (χ0v) is 15.1. The zero-order chi connectivity index (χ0) is 19.8. The van der Waals surface area contributed by atoms with Gasteiger partial charge in [-0.25, -0.2) is 13.2 Å². The number of amides is 1. The fourth-order valence-electron chi connectivity index (χ4n) is 3.98. The van der Waals surface area contributed by atoms with Gasteiger partial charge in [0.1, 0.15) is 17.5 Å². The van der Waals surface area contributed by atoms with Gasteiger partial charge in [0.15, 0.2) is 0 Å². The van der Waals surface area contributed by atoms with E-state index in [0.717, 1.165) is 24.5 Å². The van der Waals surface area contributed by atoms with Crippen LogP contribution < -0.4 is 11.1 Å². The number of H-pyrrole nitrogens is 1. The lowest BCUT2D eigenvalue weighted by atomic mass is 9.70. The molecule has 3 aromatic rings. The van der Waals surface area contributed by atoms with Gasteiger partial charge in [0.25, 0.3) is 0 Å². The average molecular weight is 387 g/mol. The topological polar surface area (TPSA) is 70.9 Å². The van der Waals surface area contributed by atoms with Crippen molar-refractivity contribution in [2.45, 2.75) is 18.8 Å². The molecule has 4 N–H and O–H groups in total. The van der Waals surface area contributed by atoms with Crippen molar-refractivity contribution in [2.75, 3.05) is 13.1 Å². The molecule has 1 fully saturated rings.